The largest absolute Gasteiger partial charge is 0.497 e. The fourth-order valence-electron chi connectivity index (χ4n) is 5.49. The molecular formula is C31H39N7O3. The SMILES string of the molecule is COc1ccc(CC(=O)Nc2cc(C(=O)NC3CCCCC3N)ccc2CN2CCN(c3ncccn3)CC2)cc1. The van der Waals surface area contributed by atoms with Gasteiger partial charge in [0, 0.05) is 68.5 Å². The van der Waals surface area contributed by atoms with E-state index in [0.29, 0.717) is 17.8 Å². The molecule has 216 valence electrons. The maximum absolute atomic E-state index is 13.2. The molecule has 10 heteroatoms. The van der Waals surface area contributed by atoms with Crippen molar-refractivity contribution in [1.82, 2.24) is 20.2 Å². The summed E-state index contributed by atoms with van der Waals surface area (Å²) in [6.45, 7) is 3.94. The van der Waals surface area contributed by atoms with Crippen molar-refractivity contribution in [2.45, 2.75) is 50.7 Å². The summed E-state index contributed by atoms with van der Waals surface area (Å²) in [6.07, 6.45) is 7.70. The summed E-state index contributed by atoms with van der Waals surface area (Å²) in [7, 11) is 1.61. The van der Waals surface area contributed by atoms with E-state index in [1.165, 1.54) is 0 Å². The Morgan fingerprint density at radius 3 is 2.44 bits per heavy atom. The maximum Gasteiger partial charge on any atom is 0.251 e. The molecule has 41 heavy (non-hydrogen) atoms. The molecule has 1 saturated heterocycles. The first kappa shape index (κ1) is 28.5. The summed E-state index contributed by atoms with van der Waals surface area (Å²) in [6, 6.07) is 14.8. The molecule has 0 spiro atoms. The Labute approximate surface area is 241 Å². The predicted molar refractivity (Wildman–Crippen MR) is 159 cm³/mol. The predicted octanol–water partition coefficient (Wildman–Crippen LogP) is 2.99. The number of anilines is 2. The van der Waals surface area contributed by atoms with Crippen LogP contribution in [-0.4, -0.2) is 72.1 Å². The number of carbonyl (C=O) groups excluding carboxylic acids is 2. The van der Waals surface area contributed by atoms with Gasteiger partial charge in [0.05, 0.1) is 13.5 Å². The number of methoxy groups -OCH3 is 1. The number of hydrogen-bond donors (Lipinski definition) is 3. The number of nitrogens with one attached hydrogen (secondary N) is 2. The molecule has 1 aromatic heterocycles. The summed E-state index contributed by atoms with van der Waals surface area (Å²) in [5.41, 5.74) is 9.27. The number of hydrogen-bond acceptors (Lipinski definition) is 8. The Hall–Kier alpha value is -4.02. The second kappa shape index (κ2) is 13.6. The van der Waals surface area contributed by atoms with Crippen molar-refractivity contribution < 1.29 is 14.3 Å². The summed E-state index contributed by atoms with van der Waals surface area (Å²) in [4.78, 5) is 39.6. The van der Waals surface area contributed by atoms with Crippen molar-refractivity contribution in [3.8, 4) is 5.75 Å². The van der Waals surface area contributed by atoms with Crippen LogP contribution in [0.15, 0.2) is 60.9 Å². The number of nitrogens with two attached hydrogens (primary N) is 1. The number of benzene rings is 2. The fourth-order valence-corrected chi connectivity index (χ4v) is 5.49. The van der Waals surface area contributed by atoms with Gasteiger partial charge in [-0.3, -0.25) is 14.5 Å². The second-order valence-electron chi connectivity index (χ2n) is 10.8. The van der Waals surface area contributed by atoms with Crippen LogP contribution in [0.4, 0.5) is 11.6 Å². The van der Waals surface area contributed by atoms with E-state index in [2.05, 4.69) is 30.4 Å². The van der Waals surface area contributed by atoms with Crippen molar-refractivity contribution in [2.24, 2.45) is 5.73 Å². The molecule has 2 aromatic carbocycles. The molecule has 2 amide bonds. The third kappa shape index (κ3) is 7.59. The number of rotatable bonds is 9. The van der Waals surface area contributed by atoms with Gasteiger partial charge >= 0.3 is 0 Å². The highest BCUT2D eigenvalue weighted by molar-refractivity contribution is 5.98. The van der Waals surface area contributed by atoms with Crippen molar-refractivity contribution in [2.75, 3.05) is 43.5 Å². The van der Waals surface area contributed by atoms with Crippen molar-refractivity contribution in [3.05, 3.63) is 77.6 Å². The van der Waals surface area contributed by atoms with Gasteiger partial charge in [0.15, 0.2) is 0 Å². The van der Waals surface area contributed by atoms with Crippen LogP contribution in [0, 0.1) is 0 Å². The van der Waals surface area contributed by atoms with E-state index in [-0.39, 0.29) is 30.3 Å². The van der Waals surface area contributed by atoms with Crippen molar-refractivity contribution in [1.29, 1.82) is 0 Å². The summed E-state index contributed by atoms with van der Waals surface area (Å²) >= 11 is 0. The Balaban J connectivity index is 1.29. The molecule has 3 aromatic rings. The van der Waals surface area contributed by atoms with Crippen LogP contribution in [0.5, 0.6) is 5.75 Å². The molecule has 4 N–H and O–H groups in total. The number of amides is 2. The highest BCUT2D eigenvalue weighted by Gasteiger charge is 2.25. The van der Waals surface area contributed by atoms with Crippen LogP contribution in [0.2, 0.25) is 0 Å². The lowest BCUT2D eigenvalue weighted by atomic mass is 9.91. The first-order chi connectivity index (χ1) is 20.0. The van der Waals surface area contributed by atoms with Gasteiger partial charge in [-0.2, -0.15) is 0 Å². The minimum absolute atomic E-state index is 0.0319. The van der Waals surface area contributed by atoms with Gasteiger partial charge in [0.2, 0.25) is 11.9 Å². The van der Waals surface area contributed by atoms with E-state index in [9.17, 15) is 9.59 Å². The average molecular weight is 558 g/mol. The Bertz CT molecular complexity index is 1310. The van der Waals surface area contributed by atoms with Crippen LogP contribution < -0.4 is 26.0 Å². The van der Waals surface area contributed by atoms with Crippen LogP contribution in [-0.2, 0) is 17.8 Å². The molecule has 2 aliphatic rings. The third-order valence-corrected chi connectivity index (χ3v) is 7.91. The molecule has 2 atom stereocenters. The number of ether oxygens (including phenoxy) is 1. The normalized spacial score (nSPS) is 19.4. The van der Waals surface area contributed by atoms with E-state index in [4.69, 9.17) is 10.5 Å². The van der Waals surface area contributed by atoms with Gasteiger partial charge in [-0.25, -0.2) is 9.97 Å². The quantitative estimate of drug-likeness (QED) is 0.367. The highest BCUT2D eigenvalue weighted by Crippen LogP contribution is 2.23. The first-order valence-corrected chi connectivity index (χ1v) is 14.3. The molecule has 1 aliphatic carbocycles. The first-order valence-electron chi connectivity index (χ1n) is 14.3. The smallest absolute Gasteiger partial charge is 0.251 e. The molecular weight excluding hydrogens is 518 g/mol. The third-order valence-electron chi connectivity index (χ3n) is 7.91. The number of aromatic nitrogens is 2. The van der Waals surface area contributed by atoms with E-state index in [0.717, 1.165) is 74.7 Å². The minimum Gasteiger partial charge on any atom is -0.497 e. The van der Waals surface area contributed by atoms with Crippen LogP contribution in [0.25, 0.3) is 0 Å². The highest BCUT2D eigenvalue weighted by atomic mass is 16.5. The van der Waals surface area contributed by atoms with Crippen LogP contribution >= 0.6 is 0 Å². The number of nitrogens with zero attached hydrogens (tertiary/aromatic N) is 4. The Morgan fingerprint density at radius 1 is 1.00 bits per heavy atom. The molecule has 1 aliphatic heterocycles. The summed E-state index contributed by atoms with van der Waals surface area (Å²) in [5.74, 6) is 1.17. The zero-order valence-corrected chi connectivity index (χ0v) is 23.6. The van der Waals surface area contributed by atoms with Gasteiger partial charge in [-0.1, -0.05) is 31.0 Å². The lowest BCUT2D eigenvalue weighted by molar-refractivity contribution is -0.115. The van der Waals surface area contributed by atoms with Gasteiger partial charge < -0.3 is 26.0 Å². The van der Waals surface area contributed by atoms with Gasteiger partial charge in [-0.05, 0) is 54.3 Å². The molecule has 2 heterocycles. The van der Waals surface area contributed by atoms with Crippen molar-refractivity contribution >= 4 is 23.5 Å². The number of piperazine rings is 1. The molecule has 1 saturated carbocycles. The maximum atomic E-state index is 13.2. The number of carbonyl (C=O) groups is 2. The van der Waals surface area contributed by atoms with E-state index in [1.807, 2.05) is 42.5 Å². The molecule has 0 bridgehead atoms. The topological polar surface area (TPSA) is 126 Å². The van der Waals surface area contributed by atoms with E-state index in [1.54, 1.807) is 25.6 Å². The van der Waals surface area contributed by atoms with Crippen LogP contribution in [0.3, 0.4) is 0 Å². The van der Waals surface area contributed by atoms with Crippen molar-refractivity contribution in [3.63, 3.8) is 0 Å². The van der Waals surface area contributed by atoms with Gasteiger partial charge in [-0.15, -0.1) is 0 Å². The minimum atomic E-state index is -0.166. The molecule has 2 unspecified atom stereocenters. The van der Waals surface area contributed by atoms with Gasteiger partial charge in [0.1, 0.15) is 5.75 Å². The van der Waals surface area contributed by atoms with Gasteiger partial charge in [0.25, 0.3) is 5.91 Å². The van der Waals surface area contributed by atoms with Crippen LogP contribution in [0.1, 0.15) is 47.2 Å². The zero-order chi connectivity index (χ0) is 28.6. The summed E-state index contributed by atoms with van der Waals surface area (Å²) in [5, 5.41) is 6.21. The zero-order valence-electron chi connectivity index (χ0n) is 23.6. The lowest BCUT2D eigenvalue weighted by Crippen LogP contribution is -2.49. The van der Waals surface area contributed by atoms with E-state index >= 15 is 0 Å². The lowest BCUT2D eigenvalue weighted by Gasteiger charge is -2.35. The summed E-state index contributed by atoms with van der Waals surface area (Å²) < 4.78 is 5.23. The molecule has 0 radical (unpaired) electrons. The molecule has 2 fully saturated rings. The monoisotopic (exact) mass is 557 g/mol. The molecule has 5 rings (SSSR count). The average Bonchev–Trinajstić information content (AvgIpc) is 3.00. The molecule has 10 nitrogen and oxygen atoms in total. The second-order valence-corrected chi connectivity index (χ2v) is 10.8. The Kier molecular flexibility index (Phi) is 9.43. The van der Waals surface area contributed by atoms with E-state index < -0.39 is 0 Å². The Morgan fingerprint density at radius 2 is 1.73 bits per heavy atom. The standard InChI is InChI=1S/C31H39N7O3/c1-41-25-11-7-22(8-12-25)19-29(39)35-28-20-23(30(40)36-27-6-3-2-5-26(27)32)9-10-24(28)21-37-15-17-38(18-16-37)31-33-13-4-14-34-31/h4,7-14,20,26-27H,2-3,5-6,15-19,21,32H2,1H3,(H,35,39)(H,36,40). The fraction of sp³-hybridized carbons (Fsp3) is 0.419.